The van der Waals surface area contributed by atoms with E-state index in [0.717, 1.165) is 6.54 Å². The maximum Gasteiger partial charge on any atom is 0.364 e. The summed E-state index contributed by atoms with van der Waals surface area (Å²) in [4.78, 5) is 0. The van der Waals surface area contributed by atoms with E-state index in [9.17, 15) is 5.11 Å². The summed E-state index contributed by atoms with van der Waals surface area (Å²) in [5.74, 6) is 0. The van der Waals surface area contributed by atoms with E-state index in [4.69, 9.17) is 14.6 Å². The van der Waals surface area contributed by atoms with Crippen LogP contribution in [-0.2, 0) is 8.85 Å². The summed E-state index contributed by atoms with van der Waals surface area (Å²) < 4.78 is 10.2. The van der Waals surface area contributed by atoms with E-state index in [-0.39, 0.29) is 6.15 Å². The predicted molar refractivity (Wildman–Crippen MR) is 61.7 cm³/mol. The van der Waals surface area contributed by atoms with Gasteiger partial charge in [-0.25, -0.2) is 0 Å². The first-order chi connectivity index (χ1) is 6.02. The van der Waals surface area contributed by atoms with E-state index >= 15 is 0 Å². The van der Waals surface area contributed by atoms with E-state index in [1.807, 2.05) is 20.4 Å². The molecule has 0 aromatic rings. The second-order valence-corrected chi connectivity index (χ2v) is 6.27. The molecule has 0 aliphatic carbocycles. The molecule has 0 rings (SSSR count). The molecule has 0 saturated heterocycles. The molecule has 90 valence electrons. The fourth-order valence-corrected chi connectivity index (χ4v) is 2.18. The standard InChI is InChI=1S/C6H16O3Si.C2H7N.H3N/c1-5-6(7)10(4,8-2)9-3;1-2-3;/h6-7H,5H2,1-4H3;2-3H2,1H3;1H3. The Kier molecular flexibility index (Phi) is 15.5. The van der Waals surface area contributed by atoms with Crippen molar-refractivity contribution >= 4 is 8.56 Å². The Balaban J connectivity index is -0.000000267. The van der Waals surface area contributed by atoms with Crippen LogP contribution in [0.5, 0.6) is 0 Å². The largest absolute Gasteiger partial charge is 0.396 e. The van der Waals surface area contributed by atoms with Crippen molar-refractivity contribution < 1.29 is 14.0 Å². The molecule has 0 bridgehead atoms. The number of aliphatic hydroxyl groups is 1. The molecule has 0 radical (unpaired) electrons. The molecular formula is C8H26N2O3Si. The zero-order valence-corrected chi connectivity index (χ0v) is 11.0. The van der Waals surface area contributed by atoms with Crippen LogP contribution < -0.4 is 11.9 Å². The van der Waals surface area contributed by atoms with Gasteiger partial charge in [-0.2, -0.15) is 0 Å². The first-order valence-corrected chi connectivity index (χ1v) is 6.90. The van der Waals surface area contributed by atoms with E-state index in [1.165, 1.54) is 0 Å². The van der Waals surface area contributed by atoms with Crippen LogP contribution in [0.15, 0.2) is 0 Å². The van der Waals surface area contributed by atoms with Crippen LogP contribution in [-0.4, -0.2) is 40.2 Å². The number of hydrogen-bond donors (Lipinski definition) is 3. The lowest BCUT2D eigenvalue weighted by atomic mass is 10.5. The van der Waals surface area contributed by atoms with E-state index < -0.39 is 14.3 Å². The topological polar surface area (TPSA) is 99.7 Å². The van der Waals surface area contributed by atoms with E-state index in [2.05, 4.69) is 0 Å². The molecule has 0 amide bonds. The van der Waals surface area contributed by atoms with Gasteiger partial charge in [-0.05, 0) is 19.5 Å². The van der Waals surface area contributed by atoms with E-state index in [1.54, 1.807) is 14.2 Å². The van der Waals surface area contributed by atoms with Gasteiger partial charge in [-0.15, -0.1) is 0 Å². The maximum absolute atomic E-state index is 9.39. The Morgan fingerprint density at radius 2 is 1.57 bits per heavy atom. The van der Waals surface area contributed by atoms with Gasteiger partial charge in [-0.3, -0.25) is 0 Å². The second-order valence-electron chi connectivity index (χ2n) is 2.76. The van der Waals surface area contributed by atoms with Crippen LogP contribution in [0.3, 0.4) is 0 Å². The first kappa shape index (κ1) is 19.6. The van der Waals surface area contributed by atoms with Gasteiger partial charge in [0.2, 0.25) is 0 Å². The molecule has 0 aromatic heterocycles. The van der Waals surface area contributed by atoms with Crippen molar-refractivity contribution in [2.24, 2.45) is 5.73 Å². The molecule has 1 unspecified atom stereocenters. The van der Waals surface area contributed by atoms with Crippen molar-refractivity contribution in [1.29, 1.82) is 0 Å². The number of rotatable bonds is 4. The summed E-state index contributed by atoms with van der Waals surface area (Å²) in [5, 5.41) is 9.39. The Bertz CT molecular complexity index is 113. The third-order valence-corrected chi connectivity index (χ3v) is 5.04. The Morgan fingerprint density at radius 3 is 1.64 bits per heavy atom. The predicted octanol–water partition coefficient (Wildman–Crippen LogP) is 0.788. The van der Waals surface area contributed by atoms with Gasteiger partial charge in [0.1, 0.15) is 0 Å². The van der Waals surface area contributed by atoms with Crippen molar-refractivity contribution in [2.75, 3.05) is 20.8 Å². The smallest absolute Gasteiger partial charge is 0.364 e. The average Bonchev–Trinajstić information content (AvgIpc) is 2.16. The van der Waals surface area contributed by atoms with Crippen LogP contribution in [0.25, 0.3) is 0 Å². The van der Waals surface area contributed by atoms with Crippen molar-refractivity contribution in [3.8, 4) is 0 Å². The van der Waals surface area contributed by atoms with Gasteiger partial charge in [0.25, 0.3) is 0 Å². The SMILES string of the molecule is CCC(O)[Si](C)(OC)OC.CCN.N. The minimum Gasteiger partial charge on any atom is -0.396 e. The zero-order chi connectivity index (χ0) is 10.9. The summed E-state index contributed by atoms with van der Waals surface area (Å²) in [7, 11) is 0.911. The molecule has 0 aliphatic heterocycles. The molecule has 0 heterocycles. The summed E-state index contributed by atoms with van der Waals surface area (Å²) in [6, 6.07) is 0. The van der Waals surface area contributed by atoms with Gasteiger partial charge >= 0.3 is 8.56 Å². The third-order valence-electron chi connectivity index (χ3n) is 1.80. The number of aliphatic hydroxyl groups excluding tert-OH is 1. The highest BCUT2D eigenvalue weighted by atomic mass is 28.4. The Hall–Kier alpha value is 0.0169. The molecule has 1 atom stereocenters. The maximum atomic E-state index is 9.39. The Labute approximate surface area is 88.4 Å². The minimum absolute atomic E-state index is 0. The molecule has 6 heteroatoms. The number of hydrogen-bond acceptors (Lipinski definition) is 5. The fraction of sp³-hybridized carbons (Fsp3) is 1.00. The van der Waals surface area contributed by atoms with Crippen molar-refractivity contribution in [2.45, 2.75) is 32.5 Å². The second kappa shape index (κ2) is 11.1. The minimum atomic E-state index is -2.25. The summed E-state index contributed by atoms with van der Waals surface area (Å²) in [6.07, 6.45) is 0.685. The molecular weight excluding hydrogens is 200 g/mol. The molecule has 0 aromatic carbocycles. The lowest BCUT2D eigenvalue weighted by Gasteiger charge is -2.26. The van der Waals surface area contributed by atoms with Crippen molar-refractivity contribution in [3.63, 3.8) is 0 Å². The highest BCUT2D eigenvalue weighted by molar-refractivity contribution is 6.67. The highest BCUT2D eigenvalue weighted by Gasteiger charge is 2.36. The molecule has 0 aliphatic rings. The van der Waals surface area contributed by atoms with Crippen LogP contribution >= 0.6 is 0 Å². The van der Waals surface area contributed by atoms with Crippen molar-refractivity contribution in [3.05, 3.63) is 0 Å². The van der Waals surface area contributed by atoms with Gasteiger partial charge in [0.15, 0.2) is 0 Å². The summed E-state index contributed by atoms with van der Waals surface area (Å²) in [6.45, 7) is 6.41. The van der Waals surface area contributed by atoms with Crippen molar-refractivity contribution in [1.82, 2.24) is 6.15 Å². The number of nitrogens with two attached hydrogens (primary N) is 1. The molecule has 6 N–H and O–H groups in total. The van der Waals surface area contributed by atoms with Crippen LogP contribution in [0.1, 0.15) is 20.3 Å². The lowest BCUT2D eigenvalue weighted by molar-refractivity contribution is 0.142. The fourth-order valence-electron chi connectivity index (χ4n) is 0.726. The van der Waals surface area contributed by atoms with E-state index in [0.29, 0.717) is 6.42 Å². The summed E-state index contributed by atoms with van der Waals surface area (Å²) >= 11 is 0. The Morgan fingerprint density at radius 1 is 1.29 bits per heavy atom. The monoisotopic (exact) mass is 226 g/mol. The molecule has 0 saturated carbocycles. The third kappa shape index (κ3) is 7.42. The lowest BCUT2D eigenvalue weighted by Crippen LogP contribution is -2.48. The van der Waals surface area contributed by atoms with Crippen LogP contribution in [0.2, 0.25) is 6.55 Å². The quantitative estimate of drug-likeness (QED) is 0.615. The highest BCUT2D eigenvalue weighted by Crippen LogP contribution is 2.12. The first-order valence-electron chi connectivity index (χ1n) is 4.50. The zero-order valence-electron chi connectivity index (χ0n) is 10.0. The molecule has 14 heavy (non-hydrogen) atoms. The van der Waals surface area contributed by atoms with Gasteiger partial charge in [0.05, 0.1) is 5.73 Å². The molecule has 0 spiro atoms. The van der Waals surface area contributed by atoms with Crippen LogP contribution in [0, 0.1) is 0 Å². The van der Waals surface area contributed by atoms with Gasteiger partial charge in [-0.1, -0.05) is 13.8 Å². The van der Waals surface area contributed by atoms with Crippen LogP contribution in [0.4, 0.5) is 0 Å². The normalized spacial score (nSPS) is 12.2. The molecule has 5 nitrogen and oxygen atoms in total. The average molecular weight is 226 g/mol. The summed E-state index contributed by atoms with van der Waals surface area (Å²) in [5.41, 5.74) is 4.42. The van der Waals surface area contributed by atoms with Gasteiger partial charge in [0, 0.05) is 14.2 Å². The molecule has 0 fully saturated rings. The van der Waals surface area contributed by atoms with Gasteiger partial charge < -0.3 is 25.8 Å².